The molecule has 0 saturated carbocycles. The maximum Gasteiger partial charge on any atom is 0.336 e. The SMILES string of the molecule is CCCCOc1ccc(N2COc3c(cc4c(-c5ccccc5)cc(=O)oc4c3C)C2)cc1. The van der Waals surface area contributed by atoms with Crippen molar-refractivity contribution in [1.29, 1.82) is 0 Å². The van der Waals surface area contributed by atoms with Crippen LogP contribution < -0.4 is 20.0 Å². The second-order valence-corrected chi connectivity index (χ2v) is 8.38. The Balaban J connectivity index is 1.49. The normalized spacial score (nSPS) is 13.0. The quantitative estimate of drug-likeness (QED) is 0.259. The summed E-state index contributed by atoms with van der Waals surface area (Å²) in [4.78, 5) is 14.5. The highest BCUT2D eigenvalue weighted by Crippen LogP contribution is 2.39. The molecule has 0 radical (unpaired) electrons. The van der Waals surface area contributed by atoms with E-state index in [2.05, 4.69) is 30.0 Å². The molecule has 0 bridgehead atoms. The van der Waals surface area contributed by atoms with Gasteiger partial charge in [-0.1, -0.05) is 43.7 Å². The third-order valence-corrected chi connectivity index (χ3v) is 6.07. The summed E-state index contributed by atoms with van der Waals surface area (Å²) in [5, 5.41) is 0.919. The zero-order valence-electron chi connectivity index (χ0n) is 19.0. The molecule has 5 heteroatoms. The Labute approximate surface area is 193 Å². The van der Waals surface area contributed by atoms with Crippen LogP contribution in [0.2, 0.25) is 0 Å². The number of unbranched alkanes of at least 4 members (excludes halogenated alkanes) is 1. The van der Waals surface area contributed by atoms with Crippen LogP contribution in [0.3, 0.4) is 0 Å². The van der Waals surface area contributed by atoms with Gasteiger partial charge >= 0.3 is 5.63 Å². The fourth-order valence-electron chi connectivity index (χ4n) is 4.33. The summed E-state index contributed by atoms with van der Waals surface area (Å²) in [7, 11) is 0. The Kier molecular flexibility index (Phi) is 5.78. The lowest BCUT2D eigenvalue weighted by molar-refractivity contribution is 0.287. The summed E-state index contributed by atoms with van der Waals surface area (Å²) in [6.45, 7) is 5.98. The number of benzene rings is 3. The van der Waals surface area contributed by atoms with E-state index < -0.39 is 0 Å². The summed E-state index contributed by atoms with van der Waals surface area (Å²) in [6, 6.07) is 21.8. The van der Waals surface area contributed by atoms with Gasteiger partial charge in [0.1, 0.15) is 17.1 Å². The first kappa shape index (κ1) is 21.1. The molecule has 5 rings (SSSR count). The first-order valence-electron chi connectivity index (χ1n) is 11.4. The van der Waals surface area contributed by atoms with Gasteiger partial charge in [0.25, 0.3) is 0 Å². The summed E-state index contributed by atoms with van der Waals surface area (Å²) in [5.41, 5.74) is 5.09. The molecule has 33 heavy (non-hydrogen) atoms. The summed E-state index contributed by atoms with van der Waals surface area (Å²) in [5.74, 6) is 1.68. The Morgan fingerprint density at radius 2 is 1.82 bits per heavy atom. The van der Waals surface area contributed by atoms with E-state index in [1.165, 1.54) is 0 Å². The molecule has 1 aromatic heterocycles. The van der Waals surface area contributed by atoms with Gasteiger partial charge in [0.2, 0.25) is 0 Å². The molecule has 1 aliphatic heterocycles. The van der Waals surface area contributed by atoms with Gasteiger partial charge in [-0.05, 0) is 54.8 Å². The van der Waals surface area contributed by atoms with Crippen LogP contribution in [-0.2, 0) is 6.54 Å². The maximum atomic E-state index is 12.3. The molecule has 0 fully saturated rings. The average Bonchev–Trinajstić information content (AvgIpc) is 2.85. The van der Waals surface area contributed by atoms with Crippen LogP contribution in [0.4, 0.5) is 5.69 Å². The van der Waals surface area contributed by atoms with Gasteiger partial charge in [0, 0.05) is 34.8 Å². The van der Waals surface area contributed by atoms with Crippen LogP contribution in [0.25, 0.3) is 22.1 Å². The van der Waals surface area contributed by atoms with Crippen molar-refractivity contribution in [3.8, 4) is 22.6 Å². The minimum absolute atomic E-state index is 0.358. The number of fused-ring (bicyclic) bond motifs is 2. The van der Waals surface area contributed by atoms with Gasteiger partial charge in [-0.2, -0.15) is 0 Å². The van der Waals surface area contributed by atoms with E-state index in [0.29, 0.717) is 18.9 Å². The van der Waals surface area contributed by atoms with Gasteiger partial charge in [-0.3, -0.25) is 0 Å². The monoisotopic (exact) mass is 441 g/mol. The highest BCUT2D eigenvalue weighted by molar-refractivity contribution is 5.96. The van der Waals surface area contributed by atoms with Crippen molar-refractivity contribution in [3.05, 3.63) is 88.3 Å². The van der Waals surface area contributed by atoms with Crippen LogP contribution in [0.5, 0.6) is 11.5 Å². The van der Waals surface area contributed by atoms with Crippen molar-refractivity contribution in [3.63, 3.8) is 0 Å². The predicted molar refractivity (Wildman–Crippen MR) is 131 cm³/mol. The average molecular weight is 442 g/mol. The van der Waals surface area contributed by atoms with Crippen LogP contribution in [0.15, 0.2) is 75.9 Å². The Bertz CT molecular complexity index is 1330. The van der Waals surface area contributed by atoms with Gasteiger partial charge < -0.3 is 18.8 Å². The Hall–Kier alpha value is -3.73. The number of hydrogen-bond acceptors (Lipinski definition) is 5. The fourth-order valence-corrected chi connectivity index (χ4v) is 4.33. The molecular weight excluding hydrogens is 414 g/mol. The summed E-state index contributed by atoms with van der Waals surface area (Å²) in [6.07, 6.45) is 2.17. The lowest BCUT2D eigenvalue weighted by Gasteiger charge is -2.32. The molecule has 0 atom stereocenters. The Morgan fingerprint density at radius 3 is 2.58 bits per heavy atom. The maximum absolute atomic E-state index is 12.3. The molecule has 3 aromatic carbocycles. The first-order valence-corrected chi connectivity index (χ1v) is 11.4. The first-order chi connectivity index (χ1) is 16.1. The summed E-state index contributed by atoms with van der Waals surface area (Å²) >= 11 is 0. The Morgan fingerprint density at radius 1 is 1.03 bits per heavy atom. The molecule has 0 aliphatic carbocycles. The molecular formula is C28H27NO4. The standard InChI is InChI=1S/C28H27NO4/c1-3-4-14-31-23-12-10-22(11-13-23)29-17-21-15-25-24(20-8-6-5-7-9-20)16-26(30)33-28(25)19(2)27(21)32-18-29/h5-13,15-16H,3-4,14,17-18H2,1-2H3. The van der Waals surface area contributed by atoms with Crippen molar-refractivity contribution in [2.75, 3.05) is 18.2 Å². The predicted octanol–water partition coefficient (Wildman–Crippen LogP) is 6.30. The van der Waals surface area contributed by atoms with Gasteiger partial charge in [0.05, 0.1) is 6.61 Å². The third kappa shape index (κ3) is 4.19. The van der Waals surface area contributed by atoms with E-state index in [1.54, 1.807) is 6.07 Å². The second kappa shape index (κ2) is 9.02. The number of rotatable bonds is 6. The molecule has 0 unspecified atom stereocenters. The lowest BCUT2D eigenvalue weighted by Crippen LogP contribution is -2.32. The molecule has 0 amide bonds. The molecule has 4 aromatic rings. The number of nitrogens with zero attached hydrogens (tertiary/aromatic N) is 1. The van der Waals surface area contributed by atoms with E-state index in [-0.39, 0.29) is 5.63 Å². The number of aryl methyl sites for hydroxylation is 1. The van der Waals surface area contributed by atoms with Crippen LogP contribution in [-0.4, -0.2) is 13.3 Å². The molecule has 5 nitrogen and oxygen atoms in total. The minimum atomic E-state index is -0.358. The van der Waals surface area contributed by atoms with Crippen molar-refractivity contribution in [2.45, 2.75) is 33.2 Å². The van der Waals surface area contributed by atoms with E-state index in [1.807, 2.05) is 49.4 Å². The highest BCUT2D eigenvalue weighted by atomic mass is 16.5. The number of anilines is 1. The van der Waals surface area contributed by atoms with Crippen LogP contribution in [0.1, 0.15) is 30.9 Å². The van der Waals surface area contributed by atoms with Crippen molar-refractivity contribution in [2.24, 2.45) is 0 Å². The van der Waals surface area contributed by atoms with E-state index >= 15 is 0 Å². The molecule has 168 valence electrons. The van der Waals surface area contributed by atoms with Crippen LogP contribution in [0, 0.1) is 6.92 Å². The highest BCUT2D eigenvalue weighted by Gasteiger charge is 2.23. The molecule has 2 heterocycles. The zero-order chi connectivity index (χ0) is 22.8. The zero-order valence-corrected chi connectivity index (χ0v) is 19.0. The van der Waals surface area contributed by atoms with E-state index in [4.69, 9.17) is 13.9 Å². The number of ether oxygens (including phenoxy) is 2. The van der Waals surface area contributed by atoms with E-state index in [9.17, 15) is 4.79 Å². The lowest BCUT2D eigenvalue weighted by atomic mass is 9.97. The van der Waals surface area contributed by atoms with Crippen LogP contribution >= 0.6 is 0 Å². The molecule has 1 aliphatic rings. The molecule has 0 spiro atoms. The topological polar surface area (TPSA) is 51.9 Å². The number of hydrogen-bond donors (Lipinski definition) is 0. The van der Waals surface area contributed by atoms with Crippen molar-refractivity contribution >= 4 is 16.7 Å². The van der Waals surface area contributed by atoms with Gasteiger partial charge in [-0.15, -0.1) is 0 Å². The van der Waals surface area contributed by atoms with Gasteiger partial charge in [0.15, 0.2) is 6.73 Å². The van der Waals surface area contributed by atoms with Crippen molar-refractivity contribution < 1.29 is 13.9 Å². The minimum Gasteiger partial charge on any atom is -0.494 e. The third-order valence-electron chi connectivity index (χ3n) is 6.07. The second-order valence-electron chi connectivity index (χ2n) is 8.38. The summed E-state index contributed by atoms with van der Waals surface area (Å²) < 4.78 is 17.6. The molecule has 0 N–H and O–H groups in total. The molecule has 0 saturated heterocycles. The van der Waals surface area contributed by atoms with Crippen molar-refractivity contribution in [1.82, 2.24) is 0 Å². The van der Waals surface area contributed by atoms with E-state index in [0.717, 1.165) is 64.3 Å². The van der Waals surface area contributed by atoms with Gasteiger partial charge in [-0.25, -0.2) is 4.79 Å². The smallest absolute Gasteiger partial charge is 0.336 e. The largest absolute Gasteiger partial charge is 0.494 e. The fraction of sp³-hybridized carbons (Fsp3) is 0.250.